The molecule has 0 bridgehead atoms. The molecule has 3 aromatic rings. The van der Waals surface area contributed by atoms with Crippen LogP contribution in [-0.4, -0.2) is 35.2 Å². The van der Waals surface area contributed by atoms with Crippen LogP contribution in [0.2, 0.25) is 5.02 Å². The molecule has 1 fully saturated rings. The van der Waals surface area contributed by atoms with Crippen LogP contribution < -0.4 is 21.3 Å². The van der Waals surface area contributed by atoms with E-state index in [1.807, 2.05) is 24.3 Å². The van der Waals surface area contributed by atoms with Crippen molar-refractivity contribution >= 4 is 17.3 Å². The van der Waals surface area contributed by atoms with E-state index in [0.717, 1.165) is 5.56 Å². The molecule has 7 nitrogen and oxygen atoms in total. The van der Waals surface area contributed by atoms with Gasteiger partial charge in [-0.3, -0.25) is 4.79 Å². The minimum Gasteiger partial charge on any atom is -0.457 e. The number of halogens is 2. The van der Waals surface area contributed by atoms with Crippen molar-refractivity contribution in [2.45, 2.75) is 25.1 Å². The molecule has 4 rings (SSSR count). The Kier molecular flexibility index (Phi) is 6.74. The lowest BCUT2D eigenvalue weighted by Crippen LogP contribution is -2.40. The first-order valence-electron chi connectivity index (χ1n) is 10.3. The van der Waals surface area contributed by atoms with Gasteiger partial charge in [-0.25, -0.2) is 4.39 Å². The van der Waals surface area contributed by atoms with Crippen LogP contribution in [0.4, 0.5) is 10.1 Å². The van der Waals surface area contributed by atoms with Crippen molar-refractivity contribution in [2.75, 3.05) is 25.1 Å². The van der Waals surface area contributed by atoms with E-state index in [2.05, 4.69) is 10.4 Å². The summed E-state index contributed by atoms with van der Waals surface area (Å²) in [5, 5.41) is 7.02. The summed E-state index contributed by atoms with van der Waals surface area (Å²) in [6.07, 6.45) is 2.47. The second kappa shape index (κ2) is 9.68. The van der Waals surface area contributed by atoms with Crippen molar-refractivity contribution in [3.05, 3.63) is 75.7 Å². The van der Waals surface area contributed by atoms with E-state index in [1.54, 1.807) is 24.3 Å². The van der Waals surface area contributed by atoms with Crippen molar-refractivity contribution in [1.82, 2.24) is 9.78 Å². The molecule has 0 amide bonds. The standard InChI is InChI=1S/C23H24ClFN4O3/c24-21-20(27-14-23(25)10-1-11-31-15-23)13-28-29(22(21)30)17-4-8-19(9-5-17)32-18-6-2-16(12-26)3-7-18/h2-9,13,27H,1,10-12,14-15,26H2. The molecule has 2 aromatic carbocycles. The highest BCUT2D eigenvalue weighted by Gasteiger charge is 2.32. The van der Waals surface area contributed by atoms with Gasteiger partial charge in [-0.2, -0.15) is 9.78 Å². The lowest BCUT2D eigenvalue weighted by Gasteiger charge is -2.29. The van der Waals surface area contributed by atoms with Crippen molar-refractivity contribution in [3.8, 4) is 17.2 Å². The molecule has 2 heterocycles. The molecule has 1 saturated heterocycles. The summed E-state index contributed by atoms with van der Waals surface area (Å²) >= 11 is 6.25. The van der Waals surface area contributed by atoms with Crippen LogP contribution in [0.5, 0.6) is 11.5 Å². The molecule has 1 aromatic heterocycles. The molecule has 32 heavy (non-hydrogen) atoms. The normalized spacial score (nSPS) is 18.3. The number of nitrogens with two attached hydrogens (primary N) is 1. The number of ether oxygens (including phenoxy) is 2. The van der Waals surface area contributed by atoms with Crippen molar-refractivity contribution in [3.63, 3.8) is 0 Å². The number of benzene rings is 2. The highest BCUT2D eigenvalue weighted by molar-refractivity contribution is 6.32. The molecular weight excluding hydrogens is 435 g/mol. The number of alkyl halides is 1. The van der Waals surface area contributed by atoms with Crippen molar-refractivity contribution in [2.24, 2.45) is 5.73 Å². The zero-order chi connectivity index (χ0) is 22.6. The first-order chi connectivity index (χ1) is 15.5. The summed E-state index contributed by atoms with van der Waals surface area (Å²) in [6.45, 7) is 1.05. The summed E-state index contributed by atoms with van der Waals surface area (Å²) in [5.41, 5.74) is 5.44. The lowest BCUT2D eigenvalue weighted by atomic mass is 9.99. The molecule has 168 valence electrons. The van der Waals surface area contributed by atoms with E-state index in [-0.39, 0.29) is 23.9 Å². The Morgan fingerprint density at radius 2 is 1.88 bits per heavy atom. The average molecular weight is 459 g/mol. The largest absolute Gasteiger partial charge is 0.457 e. The van der Waals surface area contributed by atoms with Crippen LogP contribution in [0.3, 0.4) is 0 Å². The molecule has 1 unspecified atom stereocenters. The van der Waals surface area contributed by atoms with Crippen LogP contribution in [0.25, 0.3) is 5.69 Å². The summed E-state index contributed by atoms with van der Waals surface area (Å²) < 4.78 is 26.9. The van der Waals surface area contributed by atoms with Crippen LogP contribution in [0, 0.1) is 0 Å². The quantitative estimate of drug-likeness (QED) is 0.554. The Balaban J connectivity index is 1.46. The summed E-state index contributed by atoms with van der Waals surface area (Å²) in [4.78, 5) is 12.7. The van der Waals surface area contributed by atoms with Gasteiger partial charge in [0.25, 0.3) is 5.56 Å². The van der Waals surface area contributed by atoms with E-state index in [1.165, 1.54) is 10.9 Å². The maximum atomic E-state index is 14.7. The molecule has 1 atom stereocenters. The second-order valence-electron chi connectivity index (χ2n) is 7.69. The number of aromatic nitrogens is 2. The Labute approximate surface area is 189 Å². The van der Waals surface area contributed by atoms with E-state index in [4.69, 9.17) is 26.8 Å². The Hall–Kier alpha value is -2.94. The van der Waals surface area contributed by atoms with Crippen LogP contribution in [-0.2, 0) is 11.3 Å². The zero-order valence-electron chi connectivity index (χ0n) is 17.4. The predicted molar refractivity (Wildman–Crippen MR) is 122 cm³/mol. The SMILES string of the molecule is NCc1ccc(Oc2ccc(-n3ncc(NCC4(F)CCCOC4)c(Cl)c3=O)cc2)cc1. The first kappa shape index (κ1) is 22.3. The zero-order valence-corrected chi connectivity index (χ0v) is 18.1. The molecule has 0 saturated carbocycles. The number of hydrogen-bond donors (Lipinski definition) is 2. The van der Waals surface area contributed by atoms with Crippen LogP contribution in [0.1, 0.15) is 18.4 Å². The summed E-state index contributed by atoms with van der Waals surface area (Å²) in [5.74, 6) is 1.28. The summed E-state index contributed by atoms with van der Waals surface area (Å²) in [7, 11) is 0. The van der Waals surface area contributed by atoms with Crippen LogP contribution in [0.15, 0.2) is 59.5 Å². The fourth-order valence-electron chi connectivity index (χ4n) is 3.44. The van der Waals surface area contributed by atoms with Gasteiger partial charge in [0.1, 0.15) is 16.5 Å². The molecule has 1 aliphatic rings. The molecular formula is C23H24ClFN4O3. The highest BCUT2D eigenvalue weighted by atomic mass is 35.5. The minimum absolute atomic E-state index is 0.00382. The van der Waals surface area contributed by atoms with Gasteiger partial charge in [0.2, 0.25) is 0 Å². The number of hydrogen-bond acceptors (Lipinski definition) is 6. The number of nitrogens with one attached hydrogen (secondary N) is 1. The maximum absolute atomic E-state index is 14.7. The smallest absolute Gasteiger partial charge is 0.292 e. The van der Waals surface area contributed by atoms with Gasteiger partial charge in [-0.1, -0.05) is 23.7 Å². The van der Waals surface area contributed by atoms with E-state index in [0.29, 0.717) is 43.2 Å². The van der Waals surface area contributed by atoms with Crippen molar-refractivity contribution < 1.29 is 13.9 Å². The van der Waals surface area contributed by atoms with E-state index >= 15 is 0 Å². The van der Waals surface area contributed by atoms with Crippen LogP contribution >= 0.6 is 11.6 Å². The number of nitrogens with zero attached hydrogens (tertiary/aromatic N) is 2. The molecule has 0 radical (unpaired) electrons. The Bertz CT molecular complexity index is 1110. The lowest BCUT2D eigenvalue weighted by molar-refractivity contribution is -0.0234. The van der Waals surface area contributed by atoms with Gasteiger partial charge in [0.05, 0.1) is 30.7 Å². The third-order valence-corrected chi connectivity index (χ3v) is 5.63. The number of anilines is 1. The number of rotatable bonds is 7. The molecule has 3 N–H and O–H groups in total. The molecule has 0 spiro atoms. The minimum atomic E-state index is -1.49. The molecule has 1 aliphatic heterocycles. The molecule has 9 heteroatoms. The Morgan fingerprint density at radius 3 is 2.50 bits per heavy atom. The van der Waals surface area contributed by atoms with Crippen molar-refractivity contribution in [1.29, 1.82) is 0 Å². The Morgan fingerprint density at radius 1 is 1.19 bits per heavy atom. The fourth-order valence-corrected chi connectivity index (χ4v) is 3.63. The third-order valence-electron chi connectivity index (χ3n) is 5.26. The fraction of sp³-hybridized carbons (Fsp3) is 0.304. The van der Waals surface area contributed by atoms with Gasteiger partial charge in [-0.05, 0) is 54.8 Å². The van der Waals surface area contributed by atoms with Gasteiger partial charge in [0, 0.05) is 13.2 Å². The summed E-state index contributed by atoms with van der Waals surface area (Å²) in [6, 6.07) is 14.4. The molecule has 0 aliphatic carbocycles. The van der Waals surface area contributed by atoms with Gasteiger partial charge in [0.15, 0.2) is 5.67 Å². The second-order valence-corrected chi connectivity index (χ2v) is 8.07. The van der Waals surface area contributed by atoms with Gasteiger partial charge >= 0.3 is 0 Å². The van der Waals surface area contributed by atoms with Gasteiger partial charge in [-0.15, -0.1) is 0 Å². The van der Waals surface area contributed by atoms with Gasteiger partial charge < -0.3 is 20.5 Å². The van der Waals surface area contributed by atoms with E-state index in [9.17, 15) is 9.18 Å². The highest BCUT2D eigenvalue weighted by Crippen LogP contribution is 2.26. The topological polar surface area (TPSA) is 91.4 Å². The van der Waals surface area contributed by atoms with E-state index < -0.39 is 11.2 Å². The maximum Gasteiger partial charge on any atom is 0.292 e. The average Bonchev–Trinajstić information content (AvgIpc) is 2.82. The third kappa shape index (κ3) is 5.09. The monoisotopic (exact) mass is 458 g/mol. The predicted octanol–water partition coefficient (Wildman–Crippen LogP) is 4.07. The first-order valence-corrected chi connectivity index (χ1v) is 10.7.